The van der Waals surface area contributed by atoms with Crippen molar-refractivity contribution in [2.24, 2.45) is 4.99 Å². The second kappa shape index (κ2) is 12.1. The normalized spacial score (nSPS) is 14.4. The molecule has 0 unspecified atom stereocenters. The maximum Gasteiger partial charge on any atom is 0.222 e. The molecule has 0 bridgehead atoms. The van der Waals surface area contributed by atoms with E-state index in [2.05, 4.69) is 15.6 Å². The second-order valence-electron chi connectivity index (χ2n) is 5.87. The summed E-state index contributed by atoms with van der Waals surface area (Å²) in [4.78, 5) is 18.0. The van der Waals surface area contributed by atoms with Gasteiger partial charge < -0.3 is 15.5 Å². The second-order valence-corrected chi connectivity index (χ2v) is 5.87. The Bertz CT molecular complexity index is 568. The molecule has 1 aromatic rings. The number of nitrogens with zero attached hydrogens (tertiary/aromatic N) is 2. The highest BCUT2D eigenvalue weighted by Gasteiger charge is 2.18. The molecule has 2 rings (SSSR count). The van der Waals surface area contributed by atoms with Crippen LogP contribution in [0.2, 0.25) is 0 Å². The maximum absolute atomic E-state index is 13.6. The Kier molecular flexibility index (Phi) is 10.4. The lowest BCUT2D eigenvalue weighted by molar-refractivity contribution is -0.127. The number of amides is 1. The van der Waals surface area contributed by atoms with E-state index in [-0.39, 0.29) is 35.7 Å². The molecule has 1 aliphatic rings. The lowest BCUT2D eigenvalue weighted by atomic mass is 10.1. The van der Waals surface area contributed by atoms with E-state index in [9.17, 15) is 9.18 Å². The van der Waals surface area contributed by atoms with Crippen molar-refractivity contribution in [1.82, 2.24) is 15.5 Å². The highest BCUT2D eigenvalue weighted by atomic mass is 127. The van der Waals surface area contributed by atoms with E-state index in [4.69, 9.17) is 0 Å². The number of likely N-dealkylation sites (tertiary alicyclic amines) is 1. The standard InChI is InChI=1S/C18H27FN4O.HI/c1-2-20-18(21-11-6-14-23-13-5-9-17(23)24)22-12-10-15-7-3-4-8-16(15)19;/h3-4,7-8H,2,5-6,9-14H2,1H3,(H2,20,21,22);1H. The maximum atomic E-state index is 13.6. The molecule has 7 heteroatoms. The van der Waals surface area contributed by atoms with Crippen LogP contribution in [0.25, 0.3) is 0 Å². The Morgan fingerprint density at radius 1 is 1.32 bits per heavy atom. The van der Waals surface area contributed by atoms with Crippen LogP contribution in [0.5, 0.6) is 0 Å². The fourth-order valence-corrected chi connectivity index (χ4v) is 2.75. The Hall–Kier alpha value is -1.38. The monoisotopic (exact) mass is 462 g/mol. The first-order valence-electron chi connectivity index (χ1n) is 8.74. The van der Waals surface area contributed by atoms with Gasteiger partial charge in [-0.15, -0.1) is 24.0 Å². The van der Waals surface area contributed by atoms with Crippen LogP contribution in [0.1, 0.15) is 31.7 Å². The van der Waals surface area contributed by atoms with E-state index in [1.807, 2.05) is 17.9 Å². The minimum Gasteiger partial charge on any atom is -0.357 e. The molecule has 0 aliphatic carbocycles. The predicted octanol–water partition coefficient (Wildman–Crippen LogP) is 2.55. The SMILES string of the molecule is CCNC(=NCCCN1CCCC1=O)NCCc1ccccc1F.I. The smallest absolute Gasteiger partial charge is 0.222 e. The van der Waals surface area contributed by atoms with Gasteiger partial charge in [0.05, 0.1) is 0 Å². The summed E-state index contributed by atoms with van der Waals surface area (Å²) in [6, 6.07) is 6.82. The summed E-state index contributed by atoms with van der Waals surface area (Å²) >= 11 is 0. The summed E-state index contributed by atoms with van der Waals surface area (Å²) < 4.78 is 13.6. The third-order valence-electron chi connectivity index (χ3n) is 4.02. The fourth-order valence-electron chi connectivity index (χ4n) is 2.75. The topological polar surface area (TPSA) is 56.7 Å². The third-order valence-corrected chi connectivity index (χ3v) is 4.02. The van der Waals surface area contributed by atoms with Gasteiger partial charge in [0.25, 0.3) is 0 Å². The van der Waals surface area contributed by atoms with Crippen LogP contribution in [-0.2, 0) is 11.2 Å². The van der Waals surface area contributed by atoms with Gasteiger partial charge in [0.1, 0.15) is 5.82 Å². The van der Waals surface area contributed by atoms with Crippen molar-refractivity contribution >= 4 is 35.8 Å². The summed E-state index contributed by atoms with van der Waals surface area (Å²) in [7, 11) is 0. The summed E-state index contributed by atoms with van der Waals surface area (Å²) in [5.41, 5.74) is 0.702. The van der Waals surface area contributed by atoms with E-state index in [1.165, 1.54) is 6.07 Å². The van der Waals surface area contributed by atoms with Gasteiger partial charge in [0.15, 0.2) is 5.96 Å². The number of nitrogens with one attached hydrogen (secondary N) is 2. The largest absolute Gasteiger partial charge is 0.357 e. The molecular weight excluding hydrogens is 434 g/mol. The summed E-state index contributed by atoms with van der Waals surface area (Å²) in [6.45, 7) is 5.73. The molecule has 1 heterocycles. The zero-order chi connectivity index (χ0) is 17.2. The first-order chi connectivity index (χ1) is 11.7. The highest BCUT2D eigenvalue weighted by Crippen LogP contribution is 2.09. The molecule has 0 atom stereocenters. The van der Waals surface area contributed by atoms with Crippen molar-refractivity contribution in [3.63, 3.8) is 0 Å². The lowest BCUT2D eigenvalue weighted by Gasteiger charge is -2.15. The quantitative estimate of drug-likeness (QED) is 0.270. The molecule has 1 amide bonds. The van der Waals surface area contributed by atoms with Crippen LogP contribution in [0, 0.1) is 5.82 Å². The molecule has 1 aromatic carbocycles. The van der Waals surface area contributed by atoms with Crippen molar-refractivity contribution in [3.8, 4) is 0 Å². The number of hydrogen-bond donors (Lipinski definition) is 2. The van der Waals surface area contributed by atoms with E-state index in [0.717, 1.165) is 38.4 Å². The molecule has 1 aliphatic heterocycles. The third kappa shape index (κ3) is 7.58. The van der Waals surface area contributed by atoms with Crippen LogP contribution in [-0.4, -0.2) is 49.5 Å². The van der Waals surface area contributed by atoms with Crippen LogP contribution in [0.15, 0.2) is 29.3 Å². The zero-order valence-corrected chi connectivity index (χ0v) is 17.1. The summed E-state index contributed by atoms with van der Waals surface area (Å²) in [5, 5.41) is 6.41. The molecule has 0 spiro atoms. The molecule has 5 nitrogen and oxygen atoms in total. The Labute approximate surface area is 166 Å². The number of guanidine groups is 1. The van der Waals surface area contributed by atoms with E-state index in [1.54, 1.807) is 12.1 Å². The molecule has 140 valence electrons. The first kappa shape index (κ1) is 21.7. The highest BCUT2D eigenvalue weighted by molar-refractivity contribution is 14.0. The number of rotatable bonds is 8. The zero-order valence-electron chi connectivity index (χ0n) is 14.8. The number of carbonyl (C=O) groups excluding carboxylic acids is 1. The molecule has 0 saturated carbocycles. The van der Waals surface area contributed by atoms with E-state index < -0.39 is 0 Å². The molecule has 0 radical (unpaired) electrons. The Morgan fingerprint density at radius 3 is 2.80 bits per heavy atom. The Morgan fingerprint density at radius 2 is 2.12 bits per heavy atom. The summed E-state index contributed by atoms with van der Waals surface area (Å²) in [6.07, 6.45) is 3.13. The van der Waals surface area contributed by atoms with E-state index in [0.29, 0.717) is 31.5 Å². The van der Waals surface area contributed by atoms with Gasteiger partial charge in [0.2, 0.25) is 5.91 Å². The van der Waals surface area contributed by atoms with Gasteiger partial charge in [-0.1, -0.05) is 18.2 Å². The van der Waals surface area contributed by atoms with Crippen LogP contribution >= 0.6 is 24.0 Å². The van der Waals surface area contributed by atoms with E-state index >= 15 is 0 Å². The van der Waals surface area contributed by atoms with Gasteiger partial charge in [-0.05, 0) is 37.8 Å². The molecule has 25 heavy (non-hydrogen) atoms. The fraction of sp³-hybridized carbons (Fsp3) is 0.556. The minimum atomic E-state index is -0.170. The van der Waals surface area contributed by atoms with Gasteiger partial charge in [-0.2, -0.15) is 0 Å². The molecular formula is C18H28FIN4O. The molecule has 0 aromatic heterocycles. The number of hydrogen-bond acceptors (Lipinski definition) is 2. The minimum absolute atomic E-state index is 0. The van der Waals surface area contributed by atoms with Crippen molar-refractivity contribution < 1.29 is 9.18 Å². The molecule has 1 fully saturated rings. The lowest BCUT2D eigenvalue weighted by Crippen LogP contribution is -2.38. The van der Waals surface area contributed by atoms with Crippen LogP contribution in [0.3, 0.4) is 0 Å². The van der Waals surface area contributed by atoms with Gasteiger partial charge in [-0.3, -0.25) is 9.79 Å². The number of aliphatic imine (C=N–C) groups is 1. The first-order valence-corrected chi connectivity index (χ1v) is 8.74. The van der Waals surface area contributed by atoms with Gasteiger partial charge in [0, 0.05) is 39.1 Å². The van der Waals surface area contributed by atoms with Crippen molar-refractivity contribution in [1.29, 1.82) is 0 Å². The summed E-state index contributed by atoms with van der Waals surface area (Å²) in [5.74, 6) is 0.826. The number of carbonyl (C=O) groups is 1. The van der Waals surface area contributed by atoms with Crippen molar-refractivity contribution in [3.05, 3.63) is 35.6 Å². The number of halogens is 2. The number of benzene rings is 1. The predicted molar refractivity (Wildman–Crippen MR) is 110 cm³/mol. The van der Waals surface area contributed by atoms with Gasteiger partial charge in [-0.25, -0.2) is 4.39 Å². The Balaban J connectivity index is 0.00000312. The molecule has 1 saturated heterocycles. The van der Waals surface area contributed by atoms with Crippen LogP contribution < -0.4 is 10.6 Å². The van der Waals surface area contributed by atoms with Crippen LogP contribution in [0.4, 0.5) is 4.39 Å². The van der Waals surface area contributed by atoms with Gasteiger partial charge >= 0.3 is 0 Å². The van der Waals surface area contributed by atoms with Crippen molar-refractivity contribution in [2.45, 2.75) is 32.6 Å². The van der Waals surface area contributed by atoms with Crippen molar-refractivity contribution in [2.75, 3.05) is 32.7 Å². The average Bonchev–Trinajstić information content (AvgIpc) is 2.98. The molecule has 2 N–H and O–H groups in total. The average molecular weight is 462 g/mol.